The quantitative estimate of drug-likeness (QED) is 0.729. The summed E-state index contributed by atoms with van der Waals surface area (Å²) in [5.41, 5.74) is 0.775. The van der Waals surface area contributed by atoms with Crippen LogP contribution in [-0.4, -0.2) is 26.6 Å². The van der Waals surface area contributed by atoms with E-state index < -0.39 is 0 Å². The van der Waals surface area contributed by atoms with E-state index in [0.29, 0.717) is 11.0 Å². The molecule has 1 aliphatic carbocycles. The SMILES string of the molecule is CCCn1nccc1C(=O)CSC1CCCC1. The number of nitrogens with zero attached hydrogens (tertiary/aromatic N) is 2. The van der Waals surface area contributed by atoms with Crippen LogP contribution in [0.4, 0.5) is 0 Å². The van der Waals surface area contributed by atoms with Crippen LogP contribution in [0.2, 0.25) is 0 Å². The molecule has 0 radical (unpaired) electrons. The number of hydrogen-bond acceptors (Lipinski definition) is 3. The van der Waals surface area contributed by atoms with Crippen LogP contribution in [0, 0.1) is 0 Å². The summed E-state index contributed by atoms with van der Waals surface area (Å²) in [7, 11) is 0. The van der Waals surface area contributed by atoms with Gasteiger partial charge in [-0.15, -0.1) is 0 Å². The van der Waals surface area contributed by atoms with Gasteiger partial charge in [-0.2, -0.15) is 16.9 Å². The van der Waals surface area contributed by atoms with Gasteiger partial charge in [0.25, 0.3) is 0 Å². The molecule has 0 unspecified atom stereocenters. The molecule has 3 nitrogen and oxygen atoms in total. The molecule has 0 atom stereocenters. The predicted molar refractivity (Wildman–Crippen MR) is 71.6 cm³/mol. The van der Waals surface area contributed by atoms with Crippen molar-refractivity contribution in [3.05, 3.63) is 18.0 Å². The smallest absolute Gasteiger partial charge is 0.190 e. The van der Waals surface area contributed by atoms with Crippen molar-refractivity contribution in [3.63, 3.8) is 0 Å². The number of thioether (sulfide) groups is 1. The highest BCUT2D eigenvalue weighted by molar-refractivity contribution is 8.00. The summed E-state index contributed by atoms with van der Waals surface area (Å²) in [6.45, 7) is 2.94. The van der Waals surface area contributed by atoms with Gasteiger partial charge in [-0.25, -0.2) is 0 Å². The van der Waals surface area contributed by atoms with E-state index in [1.54, 1.807) is 6.20 Å². The number of carbonyl (C=O) groups is 1. The highest BCUT2D eigenvalue weighted by Gasteiger charge is 2.18. The second-order valence-electron chi connectivity index (χ2n) is 4.58. The molecule has 2 rings (SSSR count). The highest BCUT2D eigenvalue weighted by Crippen LogP contribution is 2.29. The molecule has 1 aromatic rings. The van der Waals surface area contributed by atoms with Crippen molar-refractivity contribution in [3.8, 4) is 0 Å². The third kappa shape index (κ3) is 3.35. The average molecular weight is 252 g/mol. The van der Waals surface area contributed by atoms with Gasteiger partial charge in [-0.3, -0.25) is 9.48 Å². The Morgan fingerprint density at radius 3 is 3.00 bits per heavy atom. The molecule has 1 saturated carbocycles. The Balaban J connectivity index is 1.87. The third-order valence-electron chi connectivity index (χ3n) is 3.19. The van der Waals surface area contributed by atoms with Crippen molar-refractivity contribution < 1.29 is 4.79 Å². The van der Waals surface area contributed by atoms with Gasteiger partial charge in [-0.1, -0.05) is 19.8 Å². The van der Waals surface area contributed by atoms with Gasteiger partial charge in [-0.05, 0) is 25.3 Å². The summed E-state index contributed by atoms with van der Waals surface area (Å²) in [5, 5.41) is 4.90. The van der Waals surface area contributed by atoms with Crippen molar-refractivity contribution in [2.24, 2.45) is 0 Å². The Morgan fingerprint density at radius 2 is 2.29 bits per heavy atom. The van der Waals surface area contributed by atoms with Gasteiger partial charge in [0.2, 0.25) is 0 Å². The molecule has 0 saturated heterocycles. The van der Waals surface area contributed by atoms with E-state index in [1.165, 1.54) is 25.7 Å². The first-order valence-corrected chi connectivity index (χ1v) is 7.52. The Hall–Kier alpha value is -0.770. The minimum atomic E-state index is 0.229. The molecule has 1 aliphatic rings. The van der Waals surface area contributed by atoms with Gasteiger partial charge in [0.15, 0.2) is 5.78 Å². The number of ketones is 1. The normalized spacial score (nSPS) is 16.5. The lowest BCUT2D eigenvalue weighted by molar-refractivity contribution is 0.101. The van der Waals surface area contributed by atoms with Crippen molar-refractivity contribution in [1.82, 2.24) is 9.78 Å². The van der Waals surface area contributed by atoms with Gasteiger partial charge in [0, 0.05) is 18.0 Å². The zero-order valence-corrected chi connectivity index (χ0v) is 11.2. The zero-order chi connectivity index (χ0) is 12.1. The molecule has 1 aromatic heterocycles. The number of aryl methyl sites for hydroxylation is 1. The number of hydrogen-bond donors (Lipinski definition) is 0. The van der Waals surface area contributed by atoms with Crippen LogP contribution >= 0.6 is 11.8 Å². The fourth-order valence-corrected chi connectivity index (χ4v) is 3.48. The monoisotopic (exact) mass is 252 g/mol. The summed E-state index contributed by atoms with van der Waals surface area (Å²) in [4.78, 5) is 12.1. The van der Waals surface area contributed by atoms with Crippen LogP contribution in [0.25, 0.3) is 0 Å². The molecular weight excluding hydrogens is 232 g/mol. The van der Waals surface area contributed by atoms with Gasteiger partial charge >= 0.3 is 0 Å². The third-order valence-corrected chi connectivity index (χ3v) is 4.56. The summed E-state index contributed by atoms with van der Waals surface area (Å²) < 4.78 is 1.83. The number of rotatable bonds is 6. The Labute approximate surface area is 107 Å². The summed E-state index contributed by atoms with van der Waals surface area (Å²) >= 11 is 1.83. The summed E-state index contributed by atoms with van der Waals surface area (Å²) in [5.74, 6) is 0.841. The molecule has 1 fully saturated rings. The van der Waals surface area contributed by atoms with Crippen LogP contribution in [0.15, 0.2) is 12.3 Å². The second kappa shape index (κ2) is 6.24. The van der Waals surface area contributed by atoms with Crippen LogP contribution in [-0.2, 0) is 6.54 Å². The maximum Gasteiger partial charge on any atom is 0.190 e. The fourth-order valence-electron chi connectivity index (χ4n) is 2.28. The molecule has 94 valence electrons. The summed E-state index contributed by atoms with van der Waals surface area (Å²) in [6.07, 6.45) is 7.97. The minimum absolute atomic E-state index is 0.229. The first-order valence-electron chi connectivity index (χ1n) is 6.48. The standard InChI is InChI=1S/C13H20N2OS/c1-2-9-15-12(7-8-14-15)13(16)10-17-11-5-3-4-6-11/h7-8,11H,2-6,9-10H2,1H3. The van der Waals surface area contributed by atoms with Gasteiger partial charge < -0.3 is 0 Å². The molecule has 0 amide bonds. The van der Waals surface area contributed by atoms with Crippen molar-refractivity contribution >= 4 is 17.5 Å². The van der Waals surface area contributed by atoms with E-state index in [2.05, 4.69) is 12.0 Å². The van der Waals surface area contributed by atoms with E-state index in [4.69, 9.17) is 0 Å². The maximum absolute atomic E-state index is 12.1. The van der Waals surface area contributed by atoms with Crippen LogP contribution in [0.1, 0.15) is 49.5 Å². The van der Waals surface area contributed by atoms with Crippen LogP contribution < -0.4 is 0 Å². The van der Waals surface area contributed by atoms with Gasteiger partial charge in [0.05, 0.1) is 5.75 Å². The molecule has 17 heavy (non-hydrogen) atoms. The number of aromatic nitrogens is 2. The Morgan fingerprint density at radius 1 is 1.53 bits per heavy atom. The van der Waals surface area contributed by atoms with E-state index >= 15 is 0 Å². The average Bonchev–Trinajstić information content (AvgIpc) is 2.97. The molecule has 0 aromatic carbocycles. The van der Waals surface area contributed by atoms with E-state index in [9.17, 15) is 4.79 Å². The lowest BCUT2D eigenvalue weighted by Crippen LogP contribution is -2.13. The molecule has 4 heteroatoms. The van der Waals surface area contributed by atoms with E-state index in [-0.39, 0.29) is 5.78 Å². The first-order chi connectivity index (χ1) is 8.31. The molecule has 0 spiro atoms. The lowest BCUT2D eigenvalue weighted by Gasteiger charge is -2.08. The van der Waals surface area contributed by atoms with Gasteiger partial charge in [0.1, 0.15) is 5.69 Å². The fraction of sp³-hybridized carbons (Fsp3) is 0.692. The van der Waals surface area contributed by atoms with Crippen molar-refractivity contribution in [2.75, 3.05) is 5.75 Å². The zero-order valence-electron chi connectivity index (χ0n) is 10.4. The number of carbonyl (C=O) groups excluding carboxylic acids is 1. The van der Waals surface area contributed by atoms with Crippen LogP contribution in [0.3, 0.4) is 0 Å². The van der Waals surface area contributed by atoms with Crippen molar-refractivity contribution in [1.29, 1.82) is 0 Å². The Kier molecular flexibility index (Phi) is 4.66. The van der Waals surface area contributed by atoms with E-state index in [0.717, 1.165) is 18.7 Å². The molecular formula is C13H20N2OS. The predicted octanol–water partition coefficient (Wildman–Crippen LogP) is 3.15. The topological polar surface area (TPSA) is 34.9 Å². The minimum Gasteiger partial charge on any atom is -0.292 e. The maximum atomic E-state index is 12.1. The Bertz CT molecular complexity index is 369. The molecule has 0 N–H and O–H groups in total. The number of Topliss-reactive ketones (excluding diaryl/α,β-unsaturated/α-hetero) is 1. The lowest BCUT2D eigenvalue weighted by atomic mass is 10.3. The molecule has 0 aliphatic heterocycles. The van der Waals surface area contributed by atoms with Crippen LogP contribution in [0.5, 0.6) is 0 Å². The molecule has 1 heterocycles. The van der Waals surface area contributed by atoms with E-state index in [1.807, 2.05) is 22.5 Å². The second-order valence-corrected chi connectivity index (χ2v) is 5.87. The largest absolute Gasteiger partial charge is 0.292 e. The highest BCUT2D eigenvalue weighted by atomic mass is 32.2. The first kappa shape index (κ1) is 12.7. The summed E-state index contributed by atoms with van der Waals surface area (Å²) in [6, 6.07) is 1.84. The van der Waals surface area contributed by atoms with Crippen molar-refractivity contribution in [2.45, 2.75) is 50.8 Å². The molecule has 0 bridgehead atoms.